The summed E-state index contributed by atoms with van der Waals surface area (Å²) >= 11 is 0. The van der Waals surface area contributed by atoms with Crippen LogP contribution >= 0.6 is 7.37 Å². The van der Waals surface area contributed by atoms with Crippen LogP contribution in [0.1, 0.15) is 20.8 Å². The maximum atomic E-state index is 11.4. The topological polar surface area (TPSA) is 52.3 Å². The van der Waals surface area contributed by atoms with Gasteiger partial charge < -0.3 is 10.3 Å². The Morgan fingerprint density at radius 3 is 2.20 bits per heavy atom. The van der Waals surface area contributed by atoms with Gasteiger partial charge in [-0.3, -0.25) is 4.57 Å². The molecule has 0 aliphatic rings. The van der Waals surface area contributed by atoms with Gasteiger partial charge in [-0.15, -0.1) is 0 Å². The van der Waals surface area contributed by atoms with E-state index in [1.165, 1.54) is 0 Å². The third-order valence-corrected chi connectivity index (χ3v) is 3.49. The monoisotopic (exact) mass is 165 g/mol. The van der Waals surface area contributed by atoms with Gasteiger partial charge in [-0.2, -0.15) is 0 Å². The van der Waals surface area contributed by atoms with Crippen molar-refractivity contribution in [3.63, 3.8) is 0 Å². The molecule has 0 spiro atoms. The van der Waals surface area contributed by atoms with Crippen LogP contribution in [-0.2, 0) is 9.09 Å². The second kappa shape index (κ2) is 4.12. The SMILES string of the molecule is CCP(=O)(CN)OC(C)C. The average molecular weight is 165 g/mol. The molecule has 2 N–H and O–H groups in total. The summed E-state index contributed by atoms with van der Waals surface area (Å²) in [7, 11) is -2.46. The highest BCUT2D eigenvalue weighted by Crippen LogP contribution is 2.45. The molecule has 0 amide bonds. The lowest BCUT2D eigenvalue weighted by molar-refractivity contribution is 0.244. The Morgan fingerprint density at radius 2 is 2.10 bits per heavy atom. The molecule has 62 valence electrons. The van der Waals surface area contributed by atoms with Crippen molar-refractivity contribution < 1.29 is 9.09 Å². The van der Waals surface area contributed by atoms with E-state index in [-0.39, 0.29) is 12.4 Å². The van der Waals surface area contributed by atoms with Gasteiger partial charge in [0.05, 0.1) is 12.4 Å². The van der Waals surface area contributed by atoms with Gasteiger partial charge in [-0.25, -0.2) is 0 Å². The average Bonchev–Trinajstić information content (AvgIpc) is 1.87. The van der Waals surface area contributed by atoms with Crippen LogP contribution in [0.15, 0.2) is 0 Å². The van der Waals surface area contributed by atoms with Gasteiger partial charge in [0.2, 0.25) is 7.37 Å². The van der Waals surface area contributed by atoms with Gasteiger partial charge in [-0.05, 0) is 13.8 Å². The zero-order chi connectivity index (χ0) is 8.20. The van der Waals surface area contributed by atoms with Crippen molar-refractivity contribution in [2.45, 2.75) is 26.9 Å². The summed E-state index contributed by atoms with van der Waals surface area (Å²) in [6, 6.07) is 0. The first-order valence-electron chi connectivity index (χ1n) is 3.50. The summed E-state index contributed by atoms with van der Waals surface area (Å²) in [5.41, 5.74) is 5.28. The zero-order valence-corrected chi connectivity index (χ0v) is 7.73. The second-order valence-corrected chi connectivity index (χ2v) is 5.31. The molecule has 0 saturated heterocycles. The standard InChI is InChI=1S/C6H16NO2P/c1-4-10(8,5-7)9-6(2)3/h6H,4-5,7H2,1-3H3. The van der Waals surface area contributed by atoms with E-state index in [9.17, 15) is 4.57 Å². The highest BCUT2D eigenvalue weighted by Gasteiger charge is 2.19. The molecule has 1 atom stereocenters. The van der Waals surface area contributed by atoms with Crippen LogP contribution < -0.4 is 5.73 Å². The van der Waals surface area contributed by atoms with Crippen LogP contribution in [-0.4, -0.2) is 18.6 Å². The smallest absolute Gasteiger partial charge is 0.216 e. The van der Waals surface area contributed by atoms with E-state index in [2.05, 4.69) is 0 Å². The molecule has 0 aromatic rings. The molecule has 0 fully saturated rings. The van der Waals surface area contributed by atoms with Crippen molar-refractivity contribution in [1.29, 1.82) is 0 Å². The van der Waals surface area contributed by atoms with E-state index in [0.29, 0.717) is 6.16 Å². The molecule has 3 nitrogen and oxygen atoms in total. The minimum Gasteiger partial charge on any atom is -0.325 e. The third kappa shape index (κ3) is 3.35. The Kier molecular flexibility index (Phi) is 4.18. The largest absolute Gasteiger partial charge is 0.325 e. The van der Waals surface area contributed by atoms with Gasteiger partial charge in [0.25, 0.3) is 0 Å². The summed E-state index contributed by atoms with van der Waals surface area (Å²) in [6.07, 6.45) is 0.693. The summed E-state index contributed by atoms with van der Waals surface area (Å²) in [5, 5.41) is 0. The summed E-state index contributed by atoms with van der Waals surface area (Å²) in [4.78, 5) is 0. The normalized spacial score (nSPS) is 17.3. The Balaban J connectivity index is 3.94. The minimum atomic E-state index is -2.46. The lowest BCUT2D eigenvalue weighted by Crippen LogP contribution is -2.09. The lowest BCUT2D eigenvalue weighted by atomic mass is 10.5. The molecule has 0 bridgehead atoms. The maximum Gasteiger partial charge on any atom is 0.216 e. The molecule has 0 aliphatic heterocycles. The maximum absolute atomic E-state index is 11.4. The van der Waals surface area contributed by atoms with Crippen molar-refractivity contribution in [3.8, 4) is 0 Å². The lowest BCUT2D eigenvalue weighted by Gasteiger charge is -2.16. The van der Waals surface area contributed by atoms with Crippen LogP contribution in [0.25, 0.3) is 0 Å². The molecular weight excluding hydrogens is 149 g/mol. The molecule has 0 heterocycles. The summed E-state index contributed by atoms with van der Waals surface area (Å²) in [5.74, 6) is 0. The van der Waals surface area contributed by atoms with E-state index < -0.39 is 7.37 Å². The van der Waals surface area contributed by atoms with E-state index in [1.54, 1.807) is 0 Å². The number of hydrogen-bond donors (Lipinski definition) is 1. The van der Waals surface area contributed by atoms with Gasteiger partial charge in [-0.1, -0.05) is 6.92 Å². The molecule has 10 heavy (non-hydrogen) atoms. The first-order valence-corrected chi connectivity index (χ1v) is 5.50. The molecule has 0 saturated carbocycles. The van der Waals surface area contributed by atoms with E-state index in [0.717, 1.165) is 0 Å². The van der Waals surface area contributed by atoms with Crippen molar-refractivity contribution in [1.82, 2.24) is 0 Å². The zero-order valence-electron chi connectivity index (χ0n) is 6.83. The molecule has 0 radical (unpaired) electrons. The van der Waals surface area contributed by atoms with Crippen LogP contribution in [0.3, 0.4) is 0 Å². The second-order valence-electron chi connectivity index (χ2n) is 2.47. The fourth-order valence-electron chi connectivity index (χ4n) is 0.631. The highest BCUT2D eigenvalue weighted by molar-refractivity contribution is 7.58. The van der Waals surface area contributed by atoms with Gasteiger partial charge >= 0.3 is 0 Å². The van der Waals surface area contributed by atoms with Crippen molar-refractivity contribution in [2.75, 3.05) is 12.4 Å². The molecule has 0 aliphatic carbocycles. The molecule has 0 aromatic heterocycles. The Labute approximate surface area is 62.4 Å². The molecule has 4 heteroatoms. The van der Waals surface area contributed by atoms with Crippen LogP contribution in [0.5, 0.6) is 0 Å². The Hall–Kier alpha value is 0.150. The van der Waals surface area contributed by atoms with Gasteiger partial charge in [0, 0.05) is 6.16 Å². The summed E-state index contributed by atoms with van der Waals surface area (Å²) in [6.45, 7) is 5.55. The summed E-state index contributed by atoms with van der Waals surface area (Å²) < 4.78 is 16.6. The van der Waals surface area contributed by atoms with Crippen LogP contribution in [0.4, 0.5) is 0 Å². The van der Waals surface area contributed by atoms with E-state index in [4.69, 9.17) is 10.3 Å². The Bertz CT molecular complexity index is 128. The molecule has 0 aromatic carbocycles. The van der Waals surface area contributed by atoms with Gasteiger partial charge in [0.15, 0.2) is 0 Å². The van der Waals surface area contributed by atoms with Crippen molar-refractivity contribution in [2.24, 2.45) is 5.73 Å². The number of hydrogen-bond acceptors (Lipinski definition) is 3. The molecular formula is C6H16NO2P. The minimum absolute atomic E-state index is 0.00864. The third-order valence-electron chi connectivity index (χ3n) is 1.16. The first-order chi connectivity index (χ1) is 4.54. The van der Waals surface area contributed by atoms with E-state index >= 15 is 0 Å². The van der Waals surface area contributed by atoms with Crippen molar-refractivity contribution >= 4 is 7.37 Å². The first kappa shape index (κ1) is 10.2. The number of rotatable bonds is 4. The van der Waals surface area contributed by atoms with Gasteiger partial charge in [0.1, 0.15) is 0 Å². The van der Waals surface area contributed by atoms with Crippen molar-refractivity contribution in [3.05, 3.63) is 0 Å². The molecule has 0 rings (SSSR count). The predicted molar refractivity (Wildman–Crippen MR) is 43.4 cm³/mol. The quantitative estimate of drug-likeness (QED) is 0.644. The highest BCUT2D eigenvalue weighted by atomic mass is 31.2. The van der Waals surface area contributed by atoms with E-state index in [1.807, 2.05) is 20.8 Å². The van der Waals surface area contributed by atoms with Crippen LogP contribution in [0, 0.1) is 0 Å². The number of nitrogens with two attached hydrogens (primary N) is 1. The van der Waals surface area contributed by atoms with Crippen LogP contribution in [0.2, 0.25) is 0 Å². The fourth-order valence-corrected chi connectivity index (χ4v) is 1.89. The Morgan fingerprint density at radius 1 is 1.60 bits per heavy atom. The fraction of sp³-hybridized carbons (Fsp3) is 1.00. The predicted octanol–water partition coefficient (Wildman–Crippen LogP) is 1.63. The molecule has 1 unspecified atom stereocenters.